The van der Waals surface area contributed by atoms with Crippen LogP contribution in [0.5, 0.6) is 0 Å². The van der Waals surface area contributed by atoms with Gasteiger partial charge in [0.25, 0.3) is 0 Å². The molecular formula is C15H18O2. The second-order valence-corrected chi connectivity index (χ2v) is 5.00. The topological polar surface area (TPSA) is 26.3 Å². The molecule has 1 aromatic rings. The average Bonchev–Trinajstić information content (AvgIpc) is 2.23. The summed E-state index contributed by atoms with van der Waals surface area (Å²) < 4.78 is 5.07. The van der Waals surface area contributed by atoms with Crippen LogP contribution in [0.25, 0.3) is 0 Å². The maximum absolute atomic E-state index is 11.6. The highest BCUT2D eigenvalue weighted by atomic mass is 16.5. The Morgan fingerprint density at radius 2 is 2.06 bits per heavy atom. The van der Waals surface area contributed by atoms with Crippen LogP contribution in [0.4, 0.5) is 0 Å². The van der Waals surface area contributed by atoms with E-state index in [9.17, 15) is 4.79 Å². The van der Waals surface area contributed by atoms with Crippen molar-refractivity contribution in [3.8, 4) is 11.8 Å². The quantitative estimate of drug-likeness (QED) is 0.576. The molecule has 1 rings (SSSR count). The molecule has 0 radical (unpaired) electrons. The van der Waals surface area contributed by atoms with Crippen LogP contribution in [-0.4, -0.2) is 12.6 Å². The largest absolute Gasteiger partial charge is 0.449 e. The van der Waals surface area contributed by atoms with E-state index in [1.54, 1.807) is 12.1 Å². The molecule has 17 heavy (non-hydrogen) atoms. The standard InChI is InChI=1S/C15H18O2/c1-12-7-5-8-13(11-12)14(16)17-10-6-9-15(2,3)4/h5,7-8,11H,10H2,1-4H3. The van der Waals surface area contributed by atoms with Crippen molar-refractivity contribution in [2.24, 2.45) is 5.41 Å². The minimum atomic E-state index is -0.322. The Kier molecular flexibility index (Phi) is 4.34. The molecule has 0 fully saturated rings. The molecule has 0 atom stereocenters. The predicted molar refractivity (Wildman–Crippen MR) is 68.7 cm³/mol. The molecule has 0 amide bonds. The number of hydrogen-bond acceptors (Lipinski definition) is 2. The molecule has 0 aromatic heterocycles. The molecule has 0 N–H and O–H groups in total. The summed E-state index contributed by atoms with van der Waals surface area (Å²) >= 11 is 0. The summed E-state index contributed by atoms with van der Waals surface area (Å²) in [6.07, 6.45) is 0. The predicted octanol–water partition coefficient (Wildman–Crippen LogP) is 3.20. The van der Waals surface area contributed by atoms with E-state index in [-0.39, 0.29) is 18.0 Å². The first kappa shape index (κ1) is 13.3. The lowest BCUT2D eigenvalue weighted by Gasteiger charge is -2.07. The molecule has 1 aromatic carbocycles. The molecule has 0 bridgehead atoms. The molecule has 0 spiro atoms. The van der Waals surface area contributed by atoms with Crippen LogP contribution in [0, 0.1) is 24.2 Å². The molecule has 0 unspecified atom stereocenters. The zero-order valence-corrected chi connectivity index (χ0v) is 10.8. The second-order valence-electron chi connectivity index (χ2n) is 5.00. The van der Waals surface area contributed by atoms with Crippen molar-refractivity contribution in [3.05, 3.63) is 35.4 Å². The van der Waals surface area contributed by atoms with E-state index < -0.39 is 0 Å². The van der Waals surface area contributed by atoms with Crippen LogP contribution in [0.2, 0.25) is 0 Å². The van der Waals surface area contributed by atoms with Gasteiger partial charge in [0, 0.05) is 5.41 Å². The minimum absolute atomic E-state index is 0.0598. The molecular weight excluding hydrogens is 212 g/mol. The van der Waals surface area contributed by atoms with E-state index in [2.05, 4.69) is 11.8 Å². The van der Waals surface area contributed by atoms with Crippen LogP contribution >= 0.6 is 0 Å². The lowest BCUT2D eigenvalue weighted by molar-refractivity contribution is 0.0556. The van der Waals surface area contributed by atoms with Crippen molar-refractivity contribution in [3.63, 3.8) is 0 Å². The highest BCUT2D eigenvalue weighted by Crippen LogP contribution is 2.09. The van der Waals surface area contributed by atoms with Crippen LogP contribution in [0.1, 0.15) is 36.7 Å². The van der Waals surface area contributed by atoms with Gasteiger partial charge in [-0.25, -0.2) is 4.79 Å². The maximum atomic E-state index is 11.6. The number of carbonyl (C=O) groups is 1. The average molecular weight is 230 g/mol. The highest BCUT2D eigenvalue weighted by Gasteiger charge is 2.06. The van der Waals surface area contributed by atoms with Crippen molar-refractivity contribution in [2.45, 2.75) is 27.7 Å². The summed E-state index contributed by atoms with van der Waals surface area (Å²) in [5, 5.41) is 0. The molecule has 0 aliphatic carbocycles. The summed E-state index contributed by atoms with van der Waals surface area (Å²) in [5.41, 5.74) is 1.55. The third-order valence-electron chi connectivity index (χ3n) is 1.99. The van der Waals surface area contributed by atoms with Crippen LogP contribution in [-0.2, 0) is 4.74 Å². The van der Waals surface area contributed by atoms with E-state index in [0.717, 1.165) is 5.56 Å². The zero-order chi connectivity index (χ0) is 12.9. The Hall–Kier alpha value is -1.75. The number of carbonyl (C=O) groups excluding carboxylic acids is 1. The Bertz CT molecular complexity index is 456. The molecule has 0 aliphatic rings. The van der Waals surface area contributed by atoms with E-state index in [1.165, 1.54) is 0 Å². The highest BCUT2D eigenvalue weighted by molar-refractivity contribution is 5.89. The summed E-state index contributed by atoms with van der Waals surface area (Å²) in [7, 11) is 0. The third kappa shape index (κ3) is 5.21. The first-order chi connectivity index (χ1) is 7.88. The minimum Gasteiger partial charge on any atom is -0.449 e. The maximum Gasteiger partial charge on any atom is 0.339 e. The smallest absolute Gasteiger partial charge is 0.339 e. The van der Waals surface area contributed by atoms with Crippen LogP contribution in [0.3, 0.4) is 0 Å². The van der Waals surface area contributed by atoms with Crippen molar-refractivity contribution in [1.29, 1.82) is 0 Å². The number of hydrogen-bond donors (Lipinski definition) is 0. The van der Waals surface area contributed by atoms with Gasteiger partial charge >= 0.3 is 5.97 Å². The van der Waals surface area contributed by atoms with Gasteiger partial charge in [0.1, 0.15) is 0 Å². The van der Waals surface area contributed by atoms with Gasteiger partial charge in [0.15, 0.2) is 6.61 Å². The van der Waals surface area contributed by atoms with Crippen LogP contribution < -0.4 is 0 Å². The number of rotatable bonds is 2. The molecule has 0 aliphatic heterocycles. The van der Waals surface area contributed by atoms with Gasteiger partial charge in [-0.15, -0.1) is 0 Å². The Balaban J connectivity index is 2.53. The summed E-state index contributed by atoms with van der Waals surface area (Å²) in [5.74, 6) is 5.54. The Morgan fingerprint density at radius 1 is 1.35 bits per heavy atom. The summed E-state index contributed by atoms with van der Waals surface area (Å²) in [6.45, 7) is 8.13. The molecule has 0 saturated carbocycles. The zero-order valence-electron chi connectivity index (χ0n) is 10.8. The molecule has 2 nitrogen and oxygen atoms in total. The number of ether oxygens (including phenoxy) is 1. The lowest BCUT2D eigenvalue weighted by Crippen LogP contribution is -2.06. The van der Waals surface area contributed by atoms with E-state index >= 15 is 0 Å². The van der Waals surface area contributed by atoms with Gasteiger partial charge in [-0.2, -0.15) is 0 Å². The second kappa shape index (κ2) is 5.54. The molecule has 90 valence electrons. The first-order valence-electron chi connectivity index (χ1n) is 5.62. The number of esters is 1. The van der Waals surface area contributed by atoms with Gasteiger partial charge in [0.05, 0.1) is 5.56 Å². The number of benzene rings is 1. The Labute approximate surface area is 103 Å². The normalized spacial score (nSPS) is 10.4. The van der Waals surface area contributed by atoms with Gasteiger partial charge in [0.2, 0.25) is 0 Å². The fraction of sp³-hybridized carbons (Fsp3) is 0.400. The van der Waals surface area contributed by atoms with Gasteiger partial charge in [-0.3, -0.25) is 0 Å². The van der Waals surface area contributed by atoms with E-state index in [0.29, 0.717) is 5.56 Å². The molecule has 0 saturated heterocycles. The summed E-state index contributed by atoms with van der Waals surface area (Å²) in [4.78, 5) is 11.6. The van der Waals surface area contributed by atoms with Crippen molar-refractivity contribution < 1.29 is 9.53 Å². The third-order valence-corrected chi connectivity index (χ3v) is 1.99. The van der Waals surface area contributed by atoms with Crippen molar-refractivity contribution in [1.82, 2.24) is 0 Å². The van der Waals surface area contributed by atoms with Crippen molar-refractivity contribution in [2.75, 3.05) is 6.61 Å². The SMILES string of the molecule is Cc1cccc(C(=O)OCC#CC(C)(C)C)c1. The molecule has 2 heteroatoms. The monoisotopic (exact) mass is 230 g/mol. The van der Waals surface area contributed by atoms with Gasteiger partial charge in [-0.1, -0.05) is 29.5 Å². The lowest BCUT2D eigenvalue weighted by atomic mass is 9.98. The van der Waals surface area contributed by atoms with Crippen LogP contribution in [0.15, 0.2) is 24.3 Å². The van der Waals surface area contributed by atoms with Gasteiger partial charge in [-0.05, 0) is 39.8 Å². The van der Waals surface area contributed by atoms with E-state index in [1.807, 2.05) is 39.8 Å². The van der Waals surface area contributed by atoms with Gasteiger partial charge < -0.3 is 4.74 Å². The van der Waals surface area contributed by atoms with Crippen molar-refractivity contribution >= 4 is 5.97 Å². The fourth-order valence-corrected chi connectivity index (χ4v) is 1.26. The van der Waals surface area contributed by atoms with E-state index in [4.69, 9.17) is 4.74 Å². The Morgan fingerprint density at radius 3 is 2.65 bits per heavy atom. The fourth-order valence-electron chi connectivity index (χ4n) is 1.26. The summed E-state index contributed by atoms with van der Waals surface area (Å²) in [6, 6.07) is 7.33. The first-order valence-corrected chi connectivity index (χ1v) is 5.62. The molecule has 0 heterocycles. The number of aryl methyl sites for hydroxylation is 1.